The first-order chi connectivity index (χ1) is 12.5. The van der Waals surface area contributed by atoms with E-state index in [0.717, 1.165) is 10.8 Å². The fraction of sp³-hybridized carbons (Fsp3) is 0.333. The zero-order valence-corrected chi connectivity index (χ0v) is 14.1. The van der Waals surface area contributed by atoms with Gasteiger partial charge in [0.1, 0.15) is 12.4 Å². The Morgan fingerprint density at radius 2 is 2.27 bits per heavy atom. The molecule has 132 valence electrons. The van der Waals surface area contributed by atoms with Crippen LogP contribution in [0.15, 0.2) is 24.4 Å². The lowest BCUT2D eigenvalue weighted by Gasteiger charge is -2.19. The number of nitrogen functional groups attached to an aromatic ring is 1. The molecule has 0 spiro atoms. The van der Waals surface area contributed by atoms with E-state index in [2.05, 4.69) is 16.4 Å². The Morgan fingerprint density at radius 3 is 2.92 bits per heavy atom. The molecule has 8 nitrogen and oxygen atoms in total. The van der Waals surface area contributed by atoms with Crippen LogP contribution in [0, 0.1) is 23.2 Å². The second-order valence-corrected chi connectivity index (χ2v) is 6.69. The largest absolute Gasteiger partial charge is 0.447 e. The summed E-state index contributed by atoms with van der Waals surface area (Å²) in [5, 5.41) is 13.1. The van der Waals surface area contributed by atoms with E-state index in [0.29, 0.717) is 30.2 Å². The number of rotatable bonds is 3. The summed E-state index contributed by atoms with van der Waals surface area (Å²) in [6.07, 6.45) is 1.77. The lowest BCUT2D eigenvalue weighted by Crippen LogP contribution is -2.30. The minimum atomic E-state index is -0.407. The zero-order valence-electron chi connectivity index (χ0n) is 14.1. The number of hydrogen-bond acceptors (Lipinski definition) is 6. The summed E-state index contributed by atoms with van der Waals surface area (Å²) in [5.41, 5.74) is 7.25. The standard InChI is InChI=1S/C18H17N5O3/c1-9-8-26-18(25)23(9)12-2-10-4-16(21-7-14(10)15(20)5-12)22-17(24)13-3-11(13)6-19/h2,4-5,7,9,11,13H,3,8,20H2,1H3,(H,21,22,24)/t9-,11?,13?/m0/s1. The van der Waals surface area contributed by atoms with E-state index >= 15 is 0 Å². The SMILES string of the molecule is C[C@H]1COC(=O)N1c1cc(N)c2cnc(NC(=O)C3CC3C#N)cc2c1. The van der Waals surface area contributed by atoms with Crippen LogP contribution < -0.4 is 16.0 Å². The molecule has 1 aromatic heterocycles. The van der Waals surface area contributed by atoms with E-state index in [1.54, 1.807) is 23.2 Å². The number of anilines is 3. The van der Waals surface area contributed by atoms with Gasteiger partial charge >= 0.3 is 6.09 Å². The van der Waals surface area contributed by atoms with Gasteiger partial charge in [-0.1, -0.05) is 0 Å². The fourth-order valence-corrected chi connectivity index (χ4v) is 3.20. The van der Waals surface area contributed by atoms with Crippen LogP contribution in [-0.4, -0.2) is 29.6 Å². The molecule has 1 saturated carbocycles. The number of aromatic nitrogens is 1. The highest BCUT2D eigenvalue weighted by Crippen LogP contribution is 2.38. The van der Waals surface area contributed by atoms with Gasteiger partial charge in [0.05, 0.1) is 29.6 Å². The van der Waals surface area contributed by atoms with Gasteiger partial charge in [-0.2, -0.15) is 5.26 Å². The van der Waals surface area contributed by atoms with Gasteiger partial charge in [-0.25, -0.2) is 9.78 Å². The predicted molar refractivity (Wildman–Crippen MR) is 95.3 cm³/mol. The predicted octanol–water partition coefficient (Wildman–Crippen LogP) is 2.26. The van der Waals surface area contributed by atoms with Crippen LogP contribution in [0.3, 0.4) is 0 Å². The quantitative estimate of drug-likeness (QED) is 0.818. The third-order valence-corrected chi connectivity index (χ3v) is 4.76. The van der Waals surface area contributed by atoms with E-state index in [1.165, 1.54) is 0 Å². The van der Waals surface area contributed by atoms with E-state index in [1.807, 2.05) is 13.0 Å². The minimum absolute atomic E-state index is 0.0851. The Hall–Kier alpha value is -3.34. The van der Waals surface area contributed by atoms with Crippen LogP contribution in [0.2, 0.25) is 0 Å². The normalized spacial score (nSPS) is 24.2. The topological polar surface area (TPSA) is 121 Å². The molecular weight excluding hydrogens is 334 g/mol. The Balaban J connectivity index is 1.65. The molecule has 26 heavy (non-hydrogen) atoms. The number of hydrogen-bond donors (Lipinski definition) is 2. The molecule has 1 aliphatic heterocycles. The van der Waals surface area contributed by atoms with Crippen molar-refractivity contribution in [1.29, 1.82) is 5.26 Å². The average Bonchev–Trinajstić information content (AvgIpc) is 3.33. The highest BCUT2D eigenvalue weighted by atomic mass is 16.6. The highest BCUT2D eigenvalue weighted by Gasteiger charge is 2.43. The summed E-state index contributed by atoms with van der Waals surface area (Å²) in [6.45, 7) is 2.22. The Morgan fingerprint density at radius 1 is 1.46 bits per heavy atom. The minimum Gasteiger partial charge on any atom is -0.447 e. The molecule has 2 aliphatic rings. The number of fused-ring (bicyclic) bond motifs is 1. The lowest BCUT2D eigenvalue weighted by molar-refractivity contribution is -0.117. The van der Waals surface area contributed by atoms with E-state index in [9.17, 15) is 9.59 Å². The van der Waals surface area contributed by atoms with Gasteiger partial charge in [0, 0.05) is 17.3 Å². The number of nitrogens with zero attached hydrogens (tertiary/aromatic N) is 3. The third kappa shape index (κ3) is 2.67. The number of benzene rings is 1. The first-order valence-electron chi connectivity index (χ1n) is 8.33. The fourth-order valence-electron chi connectivity index (χ4n) is 3.20. The lowest BCUT2D eigenvalue weighted by atomic mass is 10.1. The van der Waals surface area contributed by atoms with E-state index < -0.39 is 6.09 Å². The maximum atomic E-state index is 12.1. The summed E-state index contributed by atoms with van der Waals surface area (Å²) < 4.78 is 5.06. The molecule has 3 N–H and O–H groups in total. The Bertz CT molecular complexity index is 967. The van der Waals surface area contributed by atoms with Crippen LogP contribution in [0.4, 0.5) is 22.0 Å². The summed E-state index contributed by atoms with van der Waals surface area (Å²) in [7, 11) is 0. The second kappa shape index (κ2) is 5.88. The van der Waals surface area contributed by atoms with Gasteiger partial charge in [-0.3, -0.25) is 9.69 Å². The van der Waals surface area contributed by atoms with Crippen LogP contribution in [-0.2, 0) is 9.53 Å². The molecule has 0 bridgehead atoms. The van der Waals surface area contributed by atoms with Crippen molar-refractivity contribution in [3.63, 3.8) is 0 Å². The molecule has 0 radical (unpaired) electrons. The zero-order chi connectivity index (χ0) is 18.4. The molecule has 8 heteroatoms. The molecule has 2 fully saturated rings. The molecule has 1 aliphatic carbocycles. The summed E-state index contributed by atoms with van der Waals surface area (Å²) >= 11 is 0. The monoisotopic (exact) mass is 351 g/mol. The van der Waals surface area contributed by atoms with Crippen molar-refractivity contribution < 1.29 is 14.3 Å². The number of pyridine rings is 1. The third-order valence-electron chi connectivity index (χ3n) is 4.76. The van der Waals surface area contributed by atoms with Gasteiger partial charge in [0.15, 0.2) is 0 Å². The maximum Gasteiger partial charge on any atom is 0.414 e. The molecule has 2 amide bonds. The van der Waals surface area contributed by atoms with Crippen LogP contribution in [0.1, 0.15) is 13.3 Å². The van der Waals surface area contributed by atoms with Crippen molar-refractivity contribution in [2.24, 2.45) is 11.8 Å². The number of nitrogens with two attached hydrogens (primary N) is 1. The molecule has 3 atom stereocenters. The highest BCUT2D eigenvalue weighted by molar-refractivity contribution is 6.02. The second-order valence-electron chi connectivity index (χ2n) is 6.69. The van der Waals surface area contributed by atoms with Gasteiger partial charge in [-0.15, -0.1) is 0 Å². The number of amides is 2. The van der Waals surface area contributed by atoms with Crippen LogP contribution >= 0.6 is 0 Å². The number of nitrogens with one attached hydrogen (secondary N) is 1. The Labute approximate surface area is 149 Å². The van der Waals surface area contributed by atoms with Gasteiger partial charge in [0.2, 0.25) is 5.91 Å². The molecule has 4 rings (SSSR count). The smallest absolute Gasteiger partial charge is 0.414 e. The van der Waals surface area contributed by atoms with Gasteiger partial charge in [-0.05, 0) is 36.9 Å². The molecular formula is C18H17N5O3. The molecule has 2 aromatic rings. The Kier molecular flexibility index (Phi) is 3.65. The molecule has 2 unspecified atom stereocenters. The molecule has 2 heterocycles. The summed E-state index contributed by atoms with van der Waals surface area (Å²) in [4.78, 5) is 29.8. The number of carbonyl (C=O) groups is 2. The van der Waals surface area contributed by atoms with Crippen LogP contribution in [0.5, 0.6) is 0 Å². The first-order valence-corrected chi connectivity index (χ1v) is 8.33. The van der Waals surface area contributed by atoms with E-state index in [-0.39, 0.29) is 23.8 Å². The average molecular weight is 351 g/mol. The van der Waals surface area contributed by atoms with Crippen molar-refractivity contribution in [2.75, 3.05) is 22.6 Å². The van der Waals surface area contributed by atoms with E-state index in [4.69, 9.17) is 15.7 Å². The molecule has 1 aromatic carbocycles. The number of ether oxygens (including phenoxy) is 1. The van der Waals surface area contributed by atoms with Crippen molar-refractivity contribution in [1.82, 2.24) is 4.98 Å². The van der Waals surface area contributed by atoms with Crippen molar-refractivity contribution in [3.8, 4) is 6.07 Å². The number of nitriles is 1. The van der Waals surface area contributed by atoms with Gasteiger partial charge < -0.3 is 15.8 Å². The van der Waals surface area contributed by atoms with Crippen LogP contribution in [0.25, 0.3) is 10.8 Å². The van der Waals surface area contributed by atoms with Crippen molar-refractivity contribution in [2.45, 2.75) is 19.4 Å². The first kappa shape index (κ1) is 16.1. The number of carbonyl (C=O) groups excluding carboxylic acids is 2. The number of cyclic esters (lactones) is 1. The maximum absolute atomic E-state index is 12.1. The molecule has 1 saturated heterocycles. The summed E-state index contributed by atoms with van der Waals surface area (Å²) in [6, 6.07) is 7.25. The summed E-state index contributed by atoms with van der Waals surface area (Å²) in [5.74, 6) is -0.293. The van der Waals surface area contributed by atoms with Gasteiger partial charge in [0.25, 0.3) is 0 Å². The van der Waals surface area contributed by atoms with Crippen molar-refractivity contribution >= 4 is 40.0 Å². The van der Waals surface area contributed by atoms with Crippen molar-refractivity contribution in [3.05, 3.63) is 24.4 Å².